The Hall–Kier alpha value is -2.39. The van der Waals surface area contributed by atoms with Gasteiger partial charge in [0.1, 0.15) is 0 Å². The minimum absolute atomic E-state index is 0.0677. The van der Waals surface area contributed by atoms with E-state index in [0.29, 0.717) is 18.0 Å². The number of carbonyl (C=O) groups excluding carboxylic acids is 1. The second-order valence-corrected chi connectivity index (χ2v) is 5.98. The van der Waals surface area contributed by atoms with Crippen molar-refractivity contribution < 1.29 is 4.79 Å². The molecule has 0 fully saturated rings. The number of rotatable bonds is 4. The molecule has 1 heterocycles. The van der Waals surface area contributed by atoms with Crippen molar-refractivity contribution in [2.75, 3.05) is 7.05 Å². The van der Waals surface area contributed by atoms with E-state index in [2.05, 4.69) is 4.98 Å². The summed E-state index contributed by atoms with van der Waals surface area (Å²) in [7, 11) is 1.81. The molecule has 0 saturated carbocycles. The lowest BCUT2D eigenvalue weighted by Gasteiger charge is -2.18. The van der Waals surface area contributed by atoms with Crippen molar-refractivity contribution in [2.24, 2.45) is 0 Å². The molecule has 0 spiro atoms. The van der Waals surface area contributed by atoms with Gasteiger partial charge in [-0.05, 0) is 29.3 Å². The zero-order valence-electron chi connectivity index (χ0n) is 12.9. The smallest absolute Gasteiger partial charge is 0.227 e. The molecule has 116 valence electrons. The molecule has 0 saturated heterocycles. The number of halogens is 1. The molecule has 3 aromatic rings. The molecule has 3 rings (SSSR count). The molecule has 0 radical (unpaired) electrons. The van der Waals surface area contributed by atoms with Crippen LogP contribution in [0.4, 0.5) is 0 Å². The number of likely N-dealkylation sites (N-methyl/N-ethyl adjacent to an activating group) is 1. The number of amides is 1. The van der Waals surface area contributed by atoms with Gasteiger partial charge in [-0.1, -0.05) is 48.0 Å². The van der Waals surface area contributed by atoms with Crippen LogP contribution in [0.25, 0.3) is 10.9 Å². The molecule has 0 aliphatic carbocycles. The Morgan fingerprint density at radius 1 is 1.09 bits per heavy atom. The molecular formula is C19H17ClN2O. The molecule has 2 aromatic carbocycles. The van der Waals surface area contributed by atoms with Crippen molar-refractivity contribution in [3.05, 3.63) is 76.9 Å². The molecular weight excluding hydrogens is 308 g/mol. The number of aromatic nitrogens is 1. The highest BCUT2D eigenvalue weighted by molar-refractivity contribution is 6.30. The van der Waals surface area contributed by atoms with Crippen LogP contribution in [-0.4, -0.2) is 22.8 Å². The zero-order chi connectivity index (χ0) is 16.2. The number of pyridine rings is 1. The van der Waals surface area contributed by atoms with Crippen LogP contribution in [0.15, 0.2) is 60.8 Å². The first-order chi connectivity index (χ1) is 11.1. The predicted molar refractivity (Wildman–Crippen MR) is 93.4 cm³/mol. The number of fused-ring (bicyclic) bond motifs is 1. The third kappa shape index (κ3) is 3.69. The van der Waals surface area contributed by atoms with Gasteiger partial charge in [-0.15, -0.1) is 0 Å². The summed E-state index contributed by atoms with van der Waals surface area (Å²) in [5, 5.41) is 1.75. The van der Waals surface area contributed by atoms with Crippen LogP contribution in [0.3, 0.4) is 0 Å². The number of hydrogen-bond donors (Lipinski definition) is 0. The van der Waals surface area contributed by atoms with Crippen LogP contribution < -0.4 is 0 Å². The fourth-order valence-corrected chi connectivity index (χ4v) is 2.69. The second-order valence-electron chi connectivity index (χ2n) is 5.55. The Balaban J connectivity index is 1.74. The fourth-order valence-electron chi connectivity index (χ4n) is 2.56. The average Bonchev–Trinajstić information content (AvgIpc) is 2.57. The molecule has 0 aliphatic heterocycles. The van der Waals surface area contributed by atoms with Gasteiger partial charge in [0, 0.05) is 30.2 Å². The maximum Gasteiger partial charge on any atom is 0.227 e. The highest BCUT2D eigenvalue weighted by Crippen LogP contribution is 2.17. The second kappa shape index (κ2) is 6.80. The molecule has 0 unspecified atom stereocenters. The van der Waals surface area contributed by atoms with E-state index in [9.17, 15) is 4.79 Å². The van der Waals surface area contributed by atoms with Crippen LogP contribution in [0.5, 0.6) is 0 Å². The first-order valence-corrected chi connectivity index (χ1v) is 7.82. The SMILES string of the molecule is CN(Cc1ccc(Cl)cc1)C(=O)Cc1cccc2cccnc12. The lowest BCUT2D eigenvalue weighted by Crippen LogP contribution is -2.27. The van der Waals surface area contributed by atoms with Crippen molar-refractivity contribution in [1.29, 1.82) is 0 Å². The fraction of sp³-hybridized carbons (Fsp3) is 0.158. The lowest BCUT2D eigenvalue weighted by molar-refractivity contribution is -0.129. The number of hydrogen-bond acceptors (Lipinski definition) is 2. The van der Waals surface area contributed by atoms with Gasteiger partial charge in [0.15, 0.2) is 0 Å². The lowest BCUT2D eigenvalue weighted by atomic mass is 10.1. The monoisotopic (exact) mass is 324 g/mol. The van der Waals surface area contributed by atoms with Crippen LogP contribution >= 0.6 is 11.6 Å². The molecule has 1 aromatic heterocycles. The van der Waals surface area contributed by atoms with Crippen molar-refractivity contribution in [1.82, 2.24) is 9.88 Å². The standard InChI is InChI=1S/C19H17ClN2O/c1-22(13-14-7-9-17(20)10-8-14)18(23)12-16-5-2-4-15-6-3-11-21-19(15)16/h2-11H,12-13H2,1H3. The quantitative estimate of drug-likeness (QED) is 0.724. The summed E-state index contributed by atoms with van der Waals surface area (Å²) in [5.74, 6) is 0.0677. The molecule has 0 aliphatic rings. The van der Waals surface area contributed by atoms with Gasteiger partial charge in [-0.25, -0.2) is 0 Å². The minimum atomic E-state index is 0.0677. The van der Waals surface area contributed by atoms with Crippen LogP contribution in [0.1, 0.15) is 11.1 Å². The number of para-hydroxylation sites is 1. The maximum atomic E-state index is 12.5. The van der Waals surface area contributed by atoms with Gasteiger partial charge >= 0.3 is 0 Å². The average molecular weight is 325 g/mol. The van der Waals surface area contributed by atoms with Gasteiger partial charge < -0.3 is 4.90 Å². The summed E-state index contributed by atoms with van der Waals surface area (Å²) in [4.78, 5) is 18.6. The third-order valence-corrected chi connectivity index (χ3v) is 4.07. The van der Waals surface area contributed by atoms with E-state index in [4.69, 9.17) is 11.6 Å². The summed E-state index contributed by atoms with van der Waals surface area (Å²) in [6.45, 7) is 0.564. The Kier molecular flexibility index (Phi) is 4.58. The summed E-state index contributed by atoms with van der Waals surface area (Å²) < 4.78 is 0. The number of benzene rings is 2. The summed E-state index contributed by atoms with van der Waals surface area (Å²) in [6.07, 6.45) is 2.10. The Bertz CT molecular complexity index is 825. The van der Waals surface area contributed by atoms with Crippen molar-refractivity contribution in [3.63, 3.8) is 0 Å². The molecule has 1 amide bonds. The normalized spacial score (nSPS) is 10.7. The van der Waals surface area contributed by atoms with E-state index in [0.717, 1.165) is 22.0 Å². The first kappa shape index (κ1) is 15.5. The van der Waals surface area contributed by atoms with E-state index in [1.807, 2.05) is 61.6 Å². The van der Waals surface area contributed by atoms with Crippen LogP contribution in [0.2, 0.25) is 5.02 Å². The summed E-state index contributed by atoms with van der Waals surface area (Å²) in [5.41, 5.74) is 2.90. The molecule has 3 nitrogen and oxygen atoms in total. The molecule has 4 heteroatoms. The zero-order valence-corrected chi connectivity index (χ0v) is 13.6. The maximum absolute atomic E-state index is 12.5. The van der Waals surface area contributed by atoms with Crippen LogP contribution in [-0.2, 0) is 17.8 Å². The van der Waals surface area contributed by atoms with E-state index < -0.39 is 0 Å². The summed E-state index contributed by atoms with van der Waals surface area (Å²) >= 11 is 5.89. The minimum Gasteiger partial charge on any atom is -0.341 e. The molecule has 0 bridgehead atoms. The van der Waals surface area contributed by atoms with Gasteiger partial charge in [0.05, 0.1) is 11.9 Å². The number of nitrogens with zero attached hydrogens (tertiary/aromatic N) is 2. The van der Waals surface area contributed by atoms with Gasteiger partial charge in [0.2, 0.25) is 5.91 Å². The van der Waals surface area contributed by atoms with E-state index in [1.54, 1.807) is 11.1 Å². The van der Waals surface area contributed by atoms with E-state index in [1.165, 1.54) is 0 Å². The highest BCUT2D eigenvalue weighted by Gasteiger charge is 2.12. The van der Waals surface area contributed by atoms with Gasteiger partial charge in [-0.2, -0.15) is 0 Å². The topological polar surface area (TPSA) is 33.2 Å². The van der Waals surface area contributed by atoms with Gasteiger partial charge in [-0.3, -0.25) is 9.78 Å². The molecule has 0 N–H and O–H groups in total. The van der Waals surface area contributed by atoms with Gasteiger partial charge in [0.25, 0.3) is 0 Å². The van der Waals surface area contributed by atoms with Crippen LogP contribution in [0, 0.1) is 0 Å². The van der Waals surface area contributed by atoms with Crippen molar-refractivity contribution >= 4 is 28.4 Å². The number of carbonyl (C=O) groups is 1. The first-order valence-electron chi connectivity index (χ1n) is 7.44. The Morgan fingerprint density at radius 3 is 2.61 bits per heavy atom. The largest absolute Gasteiger partial charge is 0.341 e. The van der Waals surface area contributed by atoms with E-state index in [-0.39, 0.29) is 5.91 Å². The third-order valence-electron chi connectivity index (χ3n) is 3.82. The predicted octanol–water partition coefficient (Wildman–Crippen LogP) is 4.09. The van der Waals surface area contributed by atoms with Crippen molar-refractivity contribution in [3.8, 4) is 0 Å². The van der Waals surface area contributed by atoms with E-state index >= 15 is 0 Å². The molecule has 23 heavy (non-hydrogen) atoms. The highest BCUT2D eigenvalue weighted by atomic mass is 35.5. The Morgan fingerprint density at radius 2 is 1.83 bits per heavy atom. The summed E-state index contributed by atoms with van der Waals surface area (Å²) in [6, 6.07) is 17.4. The van der Waals surface area contributed by atoms with Crippen molar-refractivity contribution in [2.45, 2.75) is 13.0 Å². The molecule has 0 atom stereocenters. The Labute approximate surface area is 140 Å².